The van der Waals surface area contributed by atoms with E-state index in [0.29, 0.717) is 18.0 Å². The molecule has 228 valence electrons. The van der Waals surface area contributed by atoms with E-state index in [-0.39, 0.29) is 44.0 Å². The van der Waals surface area contributed by atoms with Crippen LogP contribution in [0.1, 0.15) is 5.56 Å². The molecule has 4 aromatic heterocycles. The first-order valence-corrected chi connectivity index (χ1v) is 14.4. The fraction of sp³-hybridized carbons (Fsp3) is 0.148. The highest BCUT2D eigenvalue weighted by atomic mass is 35.5. The Balaban J connectivity index is 1.27. The number of ether oxygens (including phenoxy) is 1. The first kappa shape index (κ1) is 29.3. The lowest BCUT2D eigenvalue weighted by Crippen LogP contribution is -2.41. The number of aromatic nitrogens is 4. The van der Waals surface area contributed by atoms with E-state index in [1.807, 2.05) is 0 Å². The molecule has 2 N–H and O–H groups in total. The number of rotatable bonds is 6. The third-order valence-corrected chi connectivity index (χ3v) is 8.87. The molecule has 1 aliphatic heterocycles. The van der Waals surface area contributed by atoms with E-state index in [4.69, 9.17) is 16.3 Å². The van der Waals surface area contributed by atoms with Crippen LogP contribution in [0.5, 0.6) is 11.5 Å². The van der Waals surface area contributed by atoms with Gasteiger partial charge in [0.25, 0.3) is 15.6 Å². The van der Waals surface area contributed by atoms with Gasteiger partial charge in [0.05, 0.1) is 34.4 Å². The van der Waals surface area contributed by atoms with E-state index in [9.17, 15) is 30.8 Å². The van der Waals surface area contributed by atoms with Crippen LogP contribution in [0, 0.1) is 5.82 Å². The summed E-state index contributed by atoms with van der Waals surface area (Å²) in [6.07, 6.45) is -1.61. The molecule has 5 heterocycles. The van der Waals surface area contributed by atoms with Gasteiger partial charge in [0.2, 0.25) is 0 Å². The molecule has 44 heavy (non-hydrogen) atoms. The Hall–Kier alpha value is -4.83. The van der Waals surface area contributed by atoms with E-state index in [2.05, 4.69) is 20.6 Å². The molecule has 0 bridgehead atoms. The second-order valence-electron chi connectivity index (χ2n) is 9.73. The average Bonchev–Trinajstić information content (AvgIpc) is 3.49. The number of nitrogens with zero attached hydrogens (tertiary/aromatic N) is 5. The molecule has 0 aliphatic carbocycles. The molecule has 0 fully saturated rings. The van der Waals surface area contributed by atoms with Crippen LogP contribution in [-0.4, -0.2) is 40.3 Å². The van der Waals surface area contributed by atoms with E-state index < -0.39 is 39.4 Å². The maximum Gasteiger partial charge on any atom is 0.417 e. The zero-order valence-corrected chi connectivity index (χ0v) is 24.2. The van der Waals surface area contributed by atoms with Crippen molar-refractivity contribution in [3.8, 4) is 11.5 Å². The number of anilines is 3. The number of benzene rings is 1. The summed E-state index contributed by atoms with van der Waals surface area (Å²) in [7, 11) is -1.36. The van der Waals surface area contributed by atoms with Gasteiger partial charge in [-0.05, 0) is 24.3 Å². The van der Waals surface area contributed by atoms with Gasteiger partial charge in [0.1, 0.15) is 22.1 Å². The molecule has 0 saturated heterocycles. The second-order valence-corrected chi connectivity index (χ2v) is 11.9. The summed E-state index contributed by atoms with van der Waals surface area (Å²) in [6, 6.07) is 9.46. The Morgan fingerprint density at radius 2 is 1.80 bits per heavy atom. The first-order valence-electron chi connectivity index (χ1n) is 12.6. The van der Waals surface area contributed by atoms with Crippen LogP contribution in [0.2, 0.25) is 5.02 Å². The van der Waals surface area contributed by atoms with Crippen LogP contribution in [0.15, 0.2) is 76.9 Å². The minimum atomic E-state index is -4.67. The molecule has 0 spiro atoms. The lowest BCUT2D eigenvalue weighted by atomic mass is 10.2. The Labute approximate surface area is 251 Å². The number of fused-ring (bicyclic) bond motifs is 2. The van der Waals surface area contributed by atoms with Gasteiger partial charge in [0.15, 0.2) is 29.3 Å². The normalized spacial score (nSPS) is 14.9. The summed E-state index contributed by atoms with van der Waals surface area (Å²) < 4.78 is 88.5. The summed E-state index contributed by atoms with van der Waals surface area (Å²) in [5, 5.41) is 5.60. The zero-order chi connectivity index (χ0) is 31.6. The van der Waals surface area contributed by atoms with Crippen LogP contribution in [0.25, 0.3) is 11.0 Å². The number of pyridine rings is 3. The predicted octanol–water partition coefficient (Wildman–Crippen LogP) is 5.23. The lowest BCUT2D eigenvalue weighted by molar-refractivity contribution is -0.138. The average molecular weight is 650 g/mol. The molecule has 5 aromatic rings. The molecular formula is C27H20ClF4N7O4S. The fourth-order valence-electron chi connectivity index (χ4n) is 4.66. The highest BCUT2D eigenvalue weighted by Gasteiger charge is 2.35. The van der Waals surface area contributed by atoms with Crippen molar-refractivity contribution in [2.24, 2.45) is 7.05 Å². The van der Waals surface area contributed by atoms with Gasteiger partial charge in [-0.1, -0.05) is 29.8 Å². The molecule has 0 saturated carbocycles. The van der Waals surface area contributed by atoms with Crippen LogP contribution < -0.4 is 25.8 Å². The topological polar surface area (TPSA) is 123 Å². The SMILES string of the molecule is CN1c2c(ncc(Oc3cnc4c(c3)c(F)cn4S(=O)(=O)c3ccccc3)c2Cl)NC1Nc1cc(C(F)(F)F)cn(C)c1=O. The van der Waals surface area contributed by atoms with Crippen LogP contribution in [0.4, 0.5) is 34.8 Å². The van der Waals surface area contributed by atoms with Crippen LogP contribution in [-0.2, 0) is 23.2 Å². The minimum absolute atomic E-state index is 0.0191. The lowest BCUT2D eigenvalue weighted by Gasteiger charge is -2.24. The highest BCUT2D eigenvalue weighted by molar-refractivity contribution is 7.90. The van der Waals surface area contributed by atoms with Crippen LogP contribution >= 0.6 is 11.6 Å². The molecule has 1 aliphatic rings. The van der Waals surface area contributed by atoms with Crippen molar-refractivity contribution in [2.45, 2.75) is 17.4 Å². The summed E-state index contributed by atoms with van der Waals surface area (Å²) >= 11 is 6.62. The van der Waals surface area contributed by atoms with E-state index in [1.165, 1.54) is 42.5 Å². The number of nitrogens with one attached hydrogen (secondary N) is 2. The zero-order valence-electron chi connectivity index (χ0n) is 22.6. The molecular weight excluding hydrogens is 630 g/mol. The maximum atomic E-state index is 14.9. The van der Waals surface area contributed by atoms with Gasteiger partial charge in [-0.15, -0.1) is 0 Å². The molecule has 0 amide bonds. The first-order chi connectivity index (χ1) is 20.8. The van der Waals surface area contributed by atoms with E-state index >= 15 is 0 Å². The second kappa shape index (κ2) is 10.4. The number of hydrogen-bond donors (Lipinski definition) is 2. The molecule has 17 heteroatoms. The molecule has 0 radical (unpaired) electrons. The summed E-state index contributed by atoms with van der Waals surface area (Å²) in [5.74, 6) is -0.568. The third-order valence-electron chi connectivity index (χ3n) is 6.84. The van der Waals surface area contributed by atoms with Crippen LogP contribution in [0.3, 0.4) is 0 Å². The molecule has 6 rings (SSSR count). The summed E-state index contributed by atoms with van der Waals surface area (Å²) in [6.45, 7) is 0. The van der Waals surface area contributed by atoms with Crippen molar-refractivity contribution in [1.29, 1.82) is 0 Å². The largest absolute Gasteiger partial charge is 0.452 e. The predicted molar refractivity (Wildman–Crippen MR) is 154 cm³/mol. The van der Waals surface area contributed by atoms with Gasteiger partial charge in [-0.3, -0.25) is 4.79 Å². The van der Waals surface area contributed by atoms with E-state index in [0.717, 1.165) is 14.7 Å². The van der Waals surface area contributed by atoms with Gasteiger partial charge >= 0.3 is 6.18 Å². The number of alkyl halides is 3. The molecule has 1 aromatic carbocycles. The quantitative estimate of drug-likeness (QED) is 0.238. The van der Waals surface area contributed by atoms with Gasteiger partial charge in [-0.25, -0.2) is 26.7 Å². The molecule has 11 nitrogen and oxygen atoms in total. The number of halogens is 5. The van der Waals surface area contributed by atoms with Crippen molar-refractivity contribution in [3.05, 3.63) is 94.0 Å². The third kappa shape index (κ3) is 4.94. The number of hydrogen-bond acceptors (Lipinski definition) is 9. The maximum absolute atomic E-state index is 14.9. The monoisotopic (exact) mass is 649 g/mol. The van der Waals surface area contributed by atoms with Crippen molar-refractivity contribution in [1.82, 2.24) is 18.5 Å². The highest BCUT2D eigenvalue weighted by Crippen LogP contribution is 2.44. The standard InChI is InChI=1S/C27H20ClF4N7O4S/c1-37-12-14(27(30,31)32)8-19(25(37)40)35-26-36-23-22(38(26)2)21(28)20(11-33-23)43-15-9-17-18(29)13-39(24(17)34-10-15)44(41,42)16-6-4-3-5-7-16/h3-13,26,35H,1-2H3,(H,33,36). The van der Waals surface area contributed by atoms with Crippen molar-refractivity contribution in [2.75, 3.05) is 22.6 Å². The Morgan fingerprint density at radius 3 is 2.50 bits per heavy atom. The smallest absolute Gasteiger partial charge is 0.417 e. The fourth-order valence-corrected chi connectivity index (χ4v) is 6.30. The Kier molecular flexibility index (Phi) is 6.92. The van der Waals surface area contributed by atoms with Gasteiger partial charge in [0, 0.05) is 20.3 Å². The summed E-state index contributed by atoms with van der Waals surface area (Å²) in [4.78, 5) is 22.4. The van der Waals surface area contributed by atoms with Gasteiger partial charge < -0.3 is 24.8 Å². The van der Waals surface area contributed by atoms with Crippen molar-refractivity contribution in [3.63, 3.8) is 0 Å². The summed E-state index contributed by atoms with van der Waals surface area (Å²) in [5.41, 5.74) is -1.87. The van der Waals surface area contributed by atoms with Crippen molar-refractivity contribution < 1.29 is 30.7 Å². The Bertz CT molecular complexity index is 2100. The molecule has 1 unspecified atom stereocenters. The number of aryl methyl sites for hydroxylation is 1. The Morgan fingerprint density at radius 1 is 1.07 bits per heavy atom. The van der Waals surface area contributed by atoms with Gasteiger partial charge in [-0.2, -0.15) is 13.2 Å². The minimum Gasteiger partial charge on any atom is -0.452 e. The molecule has 1 atom stereocenters. The van der Waals surface area contributed by atoms with E-state index in [1.54, 1.807) is 25.2 Å². The van der Waals surface area contributed by atoms with Crippen molar-refractivity contribution >= 4 is 49.9 Å².